The highest BCUT2D eigenvalue weighted by molar-refractivity contribution is 6.35. The van der Waals surface area contributed by atoms with E-state index >= 15 is 0 Å². The van der Waals surface area contributed by atoms with E-state index in [-0.39, 0.29) is 5.71 Å². The number of rotatable bonds is 4. The summed E-state index contributed by atoms with van der Waals surface area (Å²) in [6.45, 7) is 2.05. The topological polar surface area (TPSA) is 50.2 Å². The molecule has 0 aliphatic heterocycles. The van der Waals surface area contributed by atoms with Gasteiger partial charge in [-0.15, -0.1) is 0 Å². The van der Waals surface area contributed by atoms with E-state index in [0.29, 0.717) is 13.0 Å². The molecule has 0 amide bonds. The summed E-state index contributed by atoms with van der Waals surface area (Å²) >= 11 is 0. The van der Waals surface area contributed by atoms with Gasteiger partial charge in [0, 0.05) is 6.42 Å². The second-order valence-electron chi connectivity index (χ2n) is 2.86. The van der Waals surface area contributed by atoms with Gasteiger partial charge in [0.05, 0.1) is 6.61 Å². The Morgan fingerprint density at radius 2 is 2.00 bits per heavy atom. The van der Waals surface area contributed by atoms with Gasteiger partial charge in [0.1, 0.15) is 5.71 Å². The summed E-state index contributed by atoms with van der Waals surface area (Å²) in [6, 6.07) is 9.43. The molecule has 0 aliphatic rings. The third kappa shape index (κ3) is 3.01. The van der Waals surface area contributed by atoms with E-state index in [2.05, 4.69) is 0 Å². The van der Waals surface area contributed by atoms with Crippen LogP contribution < -0.4 is 0 Å². The molecule has 0 unspecified atom stereocenters. The predicted molar refractivity (Wildman–Crippen MR) is 54.5 cm³/mol. The first-order valence-electron chi connectivity index (χ1n) is 4.52. The Kier molecular flexibility index (Phi) is 3.85. The number of carbonyl (C=O) groups excluding carboxylic acids is 1. The molecular weight excluding hydrogens is 178 g/mol. The van der Waals surface area contributed by atoms with Gasteiger partial charge in [0.15, 0.2) is 0 Å². The van der Waals surface area contributed by atoms with Gasteiger partial charge in [-0.05, 0) is 12.5 Å². The molecule has 0 aliphatic carbocycles. The second kappa shape index (κ2) is 5.17. The molecule has 0 saturated heterocycles. The maximum Gasteiger partial charge on any atom is 0.352 e. The van der Waals surface area contributed by atoms with Crippen molar-refractivity contribution >= 4 is 11.7 Å². The minimum absolute atomic E-state index is 0.00181. The fraction of sp³-hybridized carbons (Fsp3) is 0.273. The molecule has 0 radical (unpaired) electrons. The molecule has 1 aromatic rings. The molecule has 1 N–H and O–H groups in total. The van der Waals surface area contributed by atoms with Gasteiger partial charge < -0.3 is 4.74 Å². The first kappa shape index (κ1) is 10.4. The van der Waals surface area contributed by atoms with Gasteiger partial charge in [-0.25, -0.2) is 4.79 Å². The number of benzene rings is 1. The first-order valence-corrected chi connectivity index (χ1v) is 4.52. The van der Waals surface area contributed by atoms with E-state index in [0.717, 1.165) is 5.56 Å². The van der Waals surface area contributed by atoms with Crippen LogP contribution in [0.15, 0.2) is 30.3 Å². The van der Waals surface area contributed by atoms with E-state index in [1.54, 1.807) is 6.92 Å². The van der Waals surface area contributed by atoms with Gasteiger partial charge in [-0.1, -0.05) is 30.3 Å². The van der Waals surface area contributed by atoms with Crippen LogP contribution in [0.5, 0.6) is 0 Å². The first-order chi connectivity index (χ1) is 6.74. The van der Waals surface area contributed by atoms with Gasteiger partial charge in [-0.2, -0.15) is 0 Å². The van der Waals surface area contributed by atoms with Crippen molar-refractivity contribution in [3.8, 4) is 0 Å². The van der Waals surface area contributed by atoms with Crippen LogP contribution in [0.2, 0.25) is 0 Å². The fourth-order valence-electron chi connectivity index (χ4n) is 1.09. The smallest absolute Gasteiger partial charge is 0.352 e. The van der Waals surface area contributed by atoms with Crippen molar-refractivity contribution in [2.75, 3.05) is 6.61 Å². The third-order valence-electron chi connectivity index (χ3n) is 1.75. The Labute approximate surface area is 83.2 Å². The molecule has 0 saturated carbocycles. The van der Waals surface area contributed by atoms with Gasteiger partial charge in [0.2, 0.25) is 0 Å². The van der Waals surface area contributed by atoms with E-state index in [9.17, 15) is 4.79 Å². The standard InChI is InChI=1S/C11H13NO2/c1-2-14-11(13)10(12)8-9-6-4-3-5-7-9/h3-7,12H,2,8H2,1H3. The van der Waals surface area contributed by atoms with Crippen molar-refractivity contribution in [3.63, 3.8) is 0 Å². The zero-order chi connectivity index (χ0) is 10.4. The number of ether oxygens (including phenoxy) is 1. The van der Waals surface area contributed by atoms with Gasteiger partial charge in [-0.3, -0.25) is 5.41 Å². The molecule has 3 heteroatoms. The maximum atomic E-state index is 11.1. The average molecular weight is 191 g/mol. The summed E-state index contributed by atoms with van der Waals surface area (Å²) in [5.74, 6) is -0.531. The molecule has 0 bridgehead atoms. The molecule has 0 aromatic heterocycles. The molecule has 1 rings (SSSR count). The Bertz CT molecular complexity index is 319. The predicted octanol–water partition coefficient (Wildman–Crippen LogP) is 1.81. The summed E-state index contributed by atoms with van der Waals surface area (Å²) < 4.78 is 4.71. The normalized spacial score (nSPS) is 9.50. The van der Waals surface area contributed by atoms with E-state index < -0.39 is 5.97 Å². The monoisotopic (exact) mass is 191 g/mol. The Hall–Kier alpha value is -1.64. The summed E-state index contributed by atoms with van der Waals surface area (Å²) in [4.78, 5) is 11.1. The Balaban J connectivity index is 2.53. The zero-order valence-corrected chi connectivity index (χ0v) is 8.12. The quantitative estimate of drug-likeness (QED) is 0.583. The van der Waals surface area contributed by atoms with Crippen molar-refractivity contribution in [2.24, 2.45) is 0 Å². The lowest BCUT2D eigenvalue weighted by molar-refractivity contribution is -0.135. The van der Waals surface area contributed by atoms with Crippen LogP contribution in [-0.2, 0) is 16.0 Å². The number of esters is 1. The summed E-state index contributed by atoms with van der Waals surface area (Å²) in [5, 5.41) is 7.46. The second-order valence-corrected chi connectivity index (χ2v) is 2.86. The maximum absolute atomic E-state index is 11.1. The molecule has 3 nitrogen and oxygen atoms in total. The lowest BCUT2D eigenvalue weighted by atomic mass is 10.1. The molecule has 0 spiro atoms. The van der Waals surface area contributed by atoms with Crippen LogP contribution >= 0.6 is 0 Å². The third-order valence-corrected chi connectivity index (χ3v) is 1.75. The van der Waals surface area contributed by atoms with Crippen molar-refractivity contribution in [2.45, 2.75) is 13.3 Å². The van der Waals surface area contributed by atoms with Crippen molar-refractivity contribution in [1.29, 1.82) is 5.41 Å². The SMILES string of the molecule is CCOC(=O)C(=N)Cc1ccccc1. The van der Waals surface area contributed by atoms with Crippen molar-refractivity contribution in [3.05, 3.63) is 35.9 Å². The van der Waals surface area contributed by atoms with Crippen LogP contribution in [0.25, 0.3) is 0 Å². The van der Waals surface area contributed by atoms with E-state index in [4.69, 9.17) is 10.1 Å². The van der Waals surface area contributed by atoms with Crippen LogP contribution in [0.4, 0.5) is 0 Å². The highest BCUT2D eigenvalue weighted by Gasteiger charge is 2.09. The molecule has 0 atom stereocenters. The largest absolute Gasteiger partial charge is 0.462 e. The summed E-state index contributed by atoms with van der Waals surface area (Å²) in [7, 11) is 0. The highest BCUT2D eigenvalue weighted by atomic mass is 16.5. The molecule has 1 aromatic carbocycles. The molecule has 0 fully saturated rings. The summed E-state index contributed by atoms with van der Waals surface area (Å²) in [6.07, 6.45) is 0.333. The van der Waals surface area contributed by atoms with Gasteiger partial charge >= 0.3 is 5.97 Å². The van der Waals surface area contributed by atoms with Crippen LogP contribution in [0.3, 0.4) is 0 Å². The Morgan fingerprint density at radius 3 is 2.57 bits per heavy atom. The molecule has 14 heavy (non-hydrogen) atoms. The van der Waals surface area contributed by atoms with Crippen molar-refractivity contribution < 1.29 is 9.53 Å². The Morgan fingerprint density at radius 1 is 1.36 bits per heavy atom. The van der Waals surface area contributed by atoms with Crippen molar-refractivity contribution in [1.82, 2.24) is 0 Å². The van der Waals surface area contributed by atoms with E-state index in [1.807, 2.05) is 30.3 Å². The van der Waals surface area contributed by atoms with Crippen LogP contribution in [-0.4, -0.2) is 18.3 Å². The van der Waals surface area contributed by atoms with Gasteiger partial charge in [0.25, 0.3) is 0 Å². The minimum Gasteiger partial charge on any atom is -0.462 e. The lowest BCUT2D eigenvalue weighted by Gasteiger charge is -2.03. The number of hydrogen-bond donors (Lipinski definition) is 1. The number of carbonyl (C=O) groups is 1. The minimum atomic E-state index is -0.531. The molecular formula is C11H13NO2. The lowest BCUT2D eigenvalue weighted by Crippen LogP contribution is -2.18. The number of hydrogen-bond acceptors (Lipinski definition) is 3. The van der Waals surface area contributed by atoms with E-state index in [1.165, 1.54) is 0 Å². The average Bonchev–Trinajstić information content (AvgIpc) is 2.19. The number of nitrogens with one attached hydrogen (secondary N) is 1. The fourth-order valence-corrected chi connectivity index (χ4v) is 1.09. The zero-order valence-electron chi connectivity index (χ0n) is 8.12. The highest BCUT2D eigenvalue weighted by Crippen LogP contribution is 2.01. The molecule has 0 heterocycles. The van der Waals surface area contributed by atoms with Crippen LogP contribution in [0.1, 0.15) is 12.5 Å². The van der Waals surface area contributed by atoms with Crippen LogP contribution in [0, 0.1) is 5.41 Å². The molecule has 74 valence electrons. The summed E-state index contributed by atoms with van der Waals surface area (Å²) in [5.41, 5.74) is 0.948.